The van der Waals surface area contributed by atoms with E-state index in [0.717, 1.165) is 25.2 Å². The summed E-state index contributed by atoms with van der Waals surface area (Å²) in [5.41, 5.74) is 0. The Balaban J connectivity index is 1.23. The van der Waals surface area contributed by atoms with Gasteiger partial charge in [-0.05, 0) is 64.6 Å². The van der Waals surface area contributed by atoms with Crippen LogP contribution in [0.1, 0.15) is 64.2 Å². The van der Waals surface area contributed by atoms with E-state index in [1.54, 1.807) is 0 Å². The number of nitrogens with one attached hydrogen (secondary N) is 1. The maximum atomic E-state index is 5.99. The van der Waals surface area contributed by atoms with E-state index in [1.165, 1.54) is 77.3 Å². The molecule has 2 atom stereocenters. The van der Waals surface area contributed by atoms with Gasteiger partial charge in [-0.2, -0.15) is 0 Å². The second-order valence-electron chi connectivity index (χ2n) is 6.99. The second kappa shape index (κ2) is 7.77. The summed E-state index contributed by atoms with van der Waals surface area (Å²) in [6.45, 7) is 4.78. The molecule has 1 N–H and O–H groups in total. The molecule has 0 spiro atoms. The van der Waals surface area contributed by atoms with Gasteiger partial charge in [0.25, 0.3) is 0 Å². The highest BCUT2D eigenvalue weighted by molar-refractivity contribution is 4.89. The first-order valence-corrected chi connectivity index (χ1v) is 9.01. The predicted molar refractivity (Wildman–Crippen MR) is 83.1 cm³/mol. The Bertz CT molecular complexity index is 278. The Hall–Kier alpha value is -0.120. The van der Waals surface area contributed by atoms with Gasteiger partial charge in [0.2, 0.25) is 0 Å². The van der Waals surface area contributed by atoms with Crippen molar-refractivity contribution in [1.29, 1.82) is 0 Å². The van der Waals surface area contributed by atoms with Gasteiger partial charge in [-0.3, -0.25) is 0 Å². The fourth-order valence-corrected chi connectivity index (χ4v) is 4.27. The number of nitrogens with zero attached hydrogens (tertiary/aromatic N) is 1. The molecular formula is C17H32N2O. The van der Waals surface area contributed by atoms with Crippen molar-refractivity contribution in [2.24, 2.45) is 0 Å². The Kier molecular flexibility index (Phi) is 5.75. The SMILES string of the molecule is C1CCC(OCCCNC2CCN3CCCC3C2)CC1. The molecule has 2 aliphatic heterocycles. The molecule has 2 saturated heterocycles. The van der Waals surface area contributed by atoms with Gasteiger partial charge < -0.3 is 15.0 Å². The molecule has 3 nitrogen and oxygen atoms in total. The quantitative estimate of drug-likeness (QED) is 0.757. The zero-order valence-corrected chi connectivity index (χ0v) is 13.0. The average Bonchev–Trinajstić information content (AvgIpc) is 2.95. The summed E-state index contributed by atoms with van der Waals surface area (Å²) in [4.78, 5) is 2.70. The Morgan fingerprint density at radius 1 is 0.950 bits per heavy atom. The largest absolute Gasteiger partial charge is 0.378 e. The smallest absolute Gasteiger partial charge is 0.0575 e. The molecule has 3 heteroatoms. The van der Waals surface area contributed by atoms with Crippen LogP contribution in [0, 0.1) is 0 Å². The van der Waals surface area contributed by atoms with E-state index in [1.807, 2.05) is 0 Å². The van der Waals surface area contributed by atoms with Gasteiger partial charge in [0.1, 0.15) is 0 Å². The summed E-state index contributed by atoms with van der Waals surface area (Å²) in [6.07, 6.45) is 14.1. The molecule has 20 heavy (non-hydrogen) atoms. The van der Waals surface area contributed by atoms with Crippen LogP contribution in [0.15, 0.2) is 0 Å². The summed E-state index contributed by atoms with van der Waals surface area (Å²) in [6, 6.07) is 1.66. The molecule has 1 aliphatic carbocycles. The van der Waals surface area contributed by atoms with Crippen LogP contribution in [-0.2, 0) is 4.74 Å². The zero-order valence-electron chi connectivity index (χ0n) is 13.0. The van der Waals surface area contributed by atoms with E-state index < -0.39 is 0 Å². The maximum absolute atomic E-state index is 5.99. The molecule has 0 radical (unpaired) electrons. The van der Waals surface area contributed by atoms with Gasteiger partial charge >= 0.3 is 0 Å². The van der Waals surface area contributed by atoms with Gasteiger partial charge in [-0.15, -0.1) is 0 Å². The summed E-state index contributed by atoms with van der Waals surface area (Å²) in [5, 5.41) is 3.77. The summed E-state index contributed by atoms with van der Waals surface area (Å²) >= 11 is 0. The van der Waals surface area contributed by atoms with Crippen LogP contribution in [0.2, 0.25) is 0 Å². The van der Waals surface area contributed by atoms with Gasteiger partial charge in [-0.25, -0.2) is 0 Å². The maximum Gasteiger partial charge on any atom is 0.0575 e. The molecule has 0 aromatic carbocycles. The molecule has 2 unspecified atom stereocenters. The van der Waals surface area contributed by atoms with E-state index in [0.29, 0.717) is 6.10 Å². The number of piperidine rings is 1. The van der Waals surface area contributed by atoms with Crippen LogP contribution in [-0.4, -0.2) is 49.3 Å². The third-order valence-electron chi connectivity index (χ3n) is 5.48. The van der Waals surface area contributed by atoms with E-state index in [4.69, 9.17) is 4.74 Å². The third kappa shape index (κ3) is 4.19. The lowest BCUT2D eigenvalue weighted by Gasteiger charge is -2.35. The Labute approximate surface area is 124 Å². The molecule has 3 aliphatic rings. The van der Waals surface area contributed by atoms with Crippen LogP contribution in [0.5, 0.6) is 0 Å². The first-order chi connectivity index (χ1) is 9.92. The van der Waals surface area contributed by atoms with Gasteiger partial charge in [-0.1, -0.05) is 19.3 Å². The van der Waals surface area contributed by atoms with Crippen LogP contribution in [0.4, 0.5) is 0 Å². The minimum absolute atomic E-state index is 0.575. The molecule has 3 rings (SSSR count). The van der Waals surface area contributed by atoms with Crippen molar-refractivity contribution in [1.82, 2.24) is 10.2 Å². The highest BCUT2D eigenvalue weighted by atomic mass is 16.5. The highest BCUT2D eigenvalue weighted by Crippen LogP contribution is 2.26. The fourth-order valence-electron chi connectivity index (χ4n) is 4.27. The first-order valence-electron chi connectivity index (χ1n) is 9.01. The summed E-state index contributed by atoms with van der Waals surface area (Å²) in [5.74, 6) is 0. The molecule has 2 heterocycles. The summed E-state index contributed by atoms with van der Waals surface area (Å²) < 4.78 is 5.99. The van der Waals surface area contributed by atoms with Crippen LogP contribution < -0.4 is 5.32 Å². The van der Waals surface area contributed by atoms with Crippen molar-refractivity contribution in [3.05, 3.63) is 0 Å². The topological polar surface area (TPSA) is 24.5 Å². The average molecular weight is 280 g/mol. The predicted octanol–water partition coefficient (Wildman–Crippen LogP) is 2.94. The molecule has 3 fully saturated rings. The van der Waals surface area contributed by atoms with Crippen molar-refractivity contribution in [2.75, 3.05) is 26.2 Å². The number of hydrogen-bond donors (Lipinski definition) is 1. The Morgan fingerprint density at radius 2 is 1.85 bits per heavy atom. The van der Waals surface area contributed by atoms with Crippen molar-refractivity contribution in [3.8, 4) is 0 Å². The molecule has 0 bridgehead atoms. The lowest BCUT2D eigenvalue weighted by Crippen LogP contribution is -2.45. The molecular weight excluding hydrogens is 248 g/mol. The second-order valence-corrected chi connectivity index (χ2v) is 6.99. The number of rotatable bonds is 6. The van der Waals surface area contributed by atoms with Crippen molar-refractivity contribution in [2.45, 2.75) is 82.4 Å². The monoisotopic (exact) mass is 280 g/mol. The normalized spacial score (nSPS) is 32.4. The first kappa shape index (κ1) is 14.8. The highest BCUT2D eigenvalue weighted by Gasteiger charge is 2.31. The van der Waals surface area contributed by atoms with Crippen molar-refractivity contribution >= 4 is 0 Å². The molecule has 116 valence electrons. The van der Waals surface area contributed by atoms with Gasteiger partial charge in [0, 0.05) is 18.7 Å². The minimum atomic E-state index is 0.575. The molecule has 0 amide bonds. The van der Waals surface area contributed by atoms with E-state index in [9.17, 15) is 0 Å². The standard InChI is InChI=1S/C17H32N2O/c1-2-7-17(8-3-1)20-13-5-10-18-15-9-12-19-11-4-6-16(19)14-15/h15-18H,1-14H2. The van der Waals surface area contributed by atoms with E-state index in [2.05, 4.69) is 10.2 Å². The van der Waals surface area contributed by atoms with Crippen molar-refractivity contribution < 1.29 is 4.74 Å². The third-order valence-corrected chi connectivity index (χ3v) is 5.48. The lowest BCUT2D eigenvalue weighted by atomic mass is 9.97. The van der Waals surface area contributed by atoms with Crippen LogP contribution in [0.3, 0.4) is 0 Å². The van der Waals surface area contributed by atoms with Gasteiger partial charge in [0.15, 0.2) is 0 Å². The Morgan fingerprint density at radius 3 is 2.75 bits per heavy atom. The molecule has 0 aromatic heterocycles. The molecule has 0 aromatic rings. The van der Waals surface area contributed by atoms with E-state index in [-0.39, 0.29) is 0 Å². The van der Waals surface area contributed by atoms with E-state index >= 15 is 0 Å². The summed E-state index contributed by atoms with van der Waals surface area (Å²) in [7, 11) is 0. The zero-order chi connectivity index (χ0) is 13.6. The van der Waals surface area contributed by atoms with Crippen LogP contribution in [0.25, 0.3) is 0 Å². The number of ether oxygens (including phenoxy) is 1. The van der Waals surface area contributed by atoms with Crippen LogP contribution >= 0.6 is 0 Å². The van der Waals surface area contributed by atoms with Crippen molar-refractivity contribution in [3.63, 3.8) is 0 Å². The lowest BCUT2D eigenvalue weighted by molar-refractivity contribution is 0.0267. The fraction of sp³-hybridized carbons (Fsp3) is 1.00. The number of fused-ring (bicyclic) bond motifs is 1. The molecule has 1 saturated carbocycles. The minimum Gasteiger partial charge on any atom is -0.378 e. The number of hydrogen-bond acceptors (Lipinski definition) is 3. The van der Waals surface area contributed by atoms with Gasteiger partial charge in [0.05, 0.1) is 6.10 Å².